The monoisotopic (exact) mass is 317 g/mol. The number of nitrogens with one attached hydrogen (secondary N) is 1. The van der Waals surface area contributed by atoms with E-state index in [4.69, 9.17) is 0 Å². The van der Waals surface area contributed by atoms with Crippen LogP contribution in [0.3, 0.4) is 0 Å². The van der Waals surface area contributed by atoms with Gasteiger partial charge in [0.05, 0.1) is 0 Å². The molecule has 1 heterocycles. The van der Waals surface area contributed by atoms with Crippen molar-refractivity contribution in [2.45, 2.75) is 39.7 Å². The first-order valence-corrected chi connectivity index (χ1v) is 8.50. The average Bonchev–Trinajstić information content (AvgIpc) is 2.89. The summed E-state index contributed by atoms with van der Waals surface area (Å²) in [5, 5.41) is 2.76. The molecule has 126 valence electrons. The molecular formula is C18H27N3O2. The number of nitrogens with zero attached hydrogens (tertiary/aromatic N) is 2. The van der Waals surface area contributed by atoms with E-state index in [0.29, 0.717) is 6.54 Å². The molecule has 1 unspecified atom stereocenters. The fourth-order valence-corrected chi connectivity index (χ4v) is 3.10. The summed E-state index contributed by atoms with van der Waals surface area (Å²) >= 11 is 0. The van der Waals surface area contributed by atoms with Crippen LogP contribution in [0.4, 0.5) is 5.69 Å². The smallest absolute Gasteiger partial charge is 0.316 e. The minimum Gasteiger partial charge on any atom is -0.348 e. The molecule has 2 rings (SSSR count). The van der Waals surface area contributed by atoms with Crippen LogP contribution >= 0.6 is 0 Å². The molecule has 1 aromatic carbocycles. The number of fused-ring (bicyclic) bond motifs is 1. The first-order valence-electron chi connectivity index (χ1n) is 8.50. The van der Waals surface area contributed by atoms with Crippen molar-refractivity contribution in [3.8, 4) is 0 Å². The number of rotatable bonds is 6. The van der Waals surface area contributed by atoms with Gasteiger partial charge in [0.2, 0.25) is 0 Å². The Kier molecular flexibility index (Phi) is 6.16. The Balaban J connectivity index is 1.87. The maximum Gasteiger partial charge on any atom is 0.316 e. The fourth-order valence-electron chi connectivity index (χ4n) is 3.10. The fraction of sp³-hybridized carbons (Fsp3) is 0.556. The Morgan fingerprint density at radius 1 is 1.26 bits per heavy atom. The summed E-state index contributed by atoms with van der Waals surface area (Å²) in [5.41, 5.74) is 1.99. The van der Waals surface area contributed by atoms with Crippen LogP contribution in [0.25, 0.3) is 0 Å². The third-order valence-corrected chi connectivity index (χ3v) is 4.45. The summed E-state index contributed by atoms with van der Waals surface area (Å²) in [6, 6.07) is 7.82. The zero-order valence-electron chi connectivity index (χ0n) is 14.3. The molecule has 1 N–H and O–H groups in total. The van der Waals surface area contributed by atoms with Gasteiger partial charge in [-0.25, -0.2) is 0 Å². The Bertz CT molecular complexity index is 555. The third kappa shape index (κ3) is 4.10. The second kappa shape index (κ2) is 8.11. The van der Waals surface area contributed by atoms with E-state index in [2.05, 4.69) is 24.1 Å². The number of hydrogen-bond acceptors (Lipinski definition) is 3. The van der Waals surface area contributed by atoms with Crippen molar-refractivity contribution < 1.29 is 9.59 Å². The van der Waals surface area contributed by atoms with Crippen molar-refractivity contribution in [3.05, 3.63) is 29.8 Å². The number of carbonyl (C=O) groups excluding carboxylic acids is 2. The molecule has 5 heteroatoms. The lowest BCUT2D eigenvalue weighted by Gasteiger charge is -2.22. The van der Waals surface area contributed by atoms with Gasteiger partial charge < -0.3 is 15.1 Å². The topological polar surface area (TPSA) is 52.7 Å². The number of para-hydroxylation sites is 1. The first-order chi connectivity index (χ1) is 11.1. The molecule has 0 fully saturated rings. The summed E-state index contributed by atoms with van der Waals surface area (Å²) in [5.74, 6) is -0.960. The van der Waals surface area contributed by atoms with Crippen LogP contribution in [0.5, 0.6) is 0 Å². The number of amides is 2. The van der Waals surface area contributed by atoms with Crippen molar-refractivity contribution in [3.63, 3.8) is 0 Å². The van der Waals surface area contributed by atoms with E-state index in [1.807, 2.05) is 31.2 Å². The Morgan fingerprint density at radius 3 is 2.65 bits per heavy atom. The molecular weight excluding hydrogens is 290 g/mol. The van der Waals surface area contributed by atoms with Gasteiger partial charge in [0.25, 0.3) is 0 Å². The van der Waals surface area contributed by atoms with E-state index in [0.717, 1.165) is 43.7 Å². The maximum atomic E-state index is 12.5. The molecule has 0 aliphatic carbocycles. The van der Waals surface area contributed by atoms with E-state index < -0.39 is 11.8 Å². The van der Waals surface area contributed by atoms with Gasteiger partial charge >= 0.3 is 11.8 Å². The van der Waals surface area contributed by atoms with Gasteiger partial charge in [0.1, 0.15) is 0 Å². The normalized spacial score (nSPS) is 16.5. The van der Waals surface area contributed by atoms with Gasteiger partial charge in [-0.1, -0.05) is 32.0 Å². The molecule has 0 bridgehead atoms. The number of carbonyl (C=O) groups is 2. The predicted octanol–water partition coefficient (Wildman–Crippen LogP) is 1.81. The van der Waals surface area contributed by atoms with Gasteiger partial charge in [0.15, 0.2) is 0 Å². The van der Waals surface area contributed by atoms with Crippen LogP contribution in [0.2, 0.25) is 0 Å². The Labute approximate surface area is 138 Å². The average molecular weight is 317 g/mol. The van der Waals surface area contributed by atoms with Crippen molar-refractivity contribution in [1.29, 1.82) is 0 Å². The van der Waals surface area contributed by atoms with E-state index in [1.54, 1.807) is 4.90 Å². The molecule has 0 saturated heterocycles. The largest absolute Gasteiger partial charge is 0.348 e. The molecule has 1 atom stereocenters. The zero-order valence-corrected chi connectivity index (χ0v) is 14.3. The van der Waals surface area contributed by atoms with Crippen LogP contribution in [-0.2, 0) is 16.0 Å². The van der Waals surface area contributed by atoms with Crippen LogP contribution in [0, 0.1) is 0 Å². The minimum absolute atomic E-state index is 0.0290. The molecule has 5 nitrogen and oxygen atoms in total. The highest BCUT2D eigenvalue weighted by Crippen LogP contribution is 2.31. The quantitative estimate of drug-likeness (QED) is 0.643. The van der Waals surface area contributed by atoms with Gasteiger partial charge in [-0.3, -0.25) is 9.59 Å². The van der Waals surface area contributed by atoms with Crippen molar-refractivity contribution in [2.24, 2.45) is 0 Å². The molecule has 0 radical (unpaired) electrons. The second-order valence-corrected chi connectivity index (χ2v) is 5.99. The molecule has 2 amide bonds. The Hall–Kier alpha value is -1.88. The van der Waals surface area contributed by atoms with Crippen molar-refractivity contribution >= 4 is 17.5 Å². The number of benzene rings is 1. The van der Waals surface area contributed by atoms with E-state index >= 15 is 0 Å². The van der Waals surface area contributed by atoms with Gasteiger partial charge in [-0.2, -0.15) is 0 Å². The summed E-state index contributed by atoms with van der Waals surface area (Å²) < 4.78 is 0. The highest BCUT2D eigenvalue weighted by molar-refractivity contribution is 6.40. The Morgan fingerprint density at radius 2 is 1.96 bits per heavy atom. The highest BCUT2D eigenvalue weighted by Gasteiger charge is 2.33. The van der Waals surface area contributed by atoms with Crippen LogP contribution in [0.1, 0.15) is 32.8 Å². The summed E-state index contributed by atoms with van der Waals surface area (Å²) in [6.07, 6.45) is 1.66. The lowest BCUT2D eigenvalue weighted by Crippen LogP contribution is -2.46. The lowest BCUT2D eigenvalue weighted by atomic mass is 10.1. The minimum atomic E-state index is -0.506. The molecule has 1 aliphatic heterocycles. The van der Waals surface area contributed by atoms with Crippen LogP contribution in [-0.4, -0.2) is 48.9 Å². The summed E-state index contributed by atoms with van der Waals surface area (Å²) in [4.78, 5) is 28.5. The van der Waals surface area contributed by atoms with Crippen LogP contribution in [0.15, 0.2) is 24.3 Å². The van der Waals surface area contributed by atoms with Crippen LogP contribution < -0.4 is 10.2 Å². The van der Waals surface area contributed by atoms with E-state index in [1.165, 1.54) is 0 Å². The molecule has 0 aromatic heterocycles. The highest BCUT2D eigenvalue weighted by atomic mass is 16.2. The molecule has 1 aliphatic rings. The zero-order chi connectivity index (χ0) is 16.8. The first kappa shape index (κ1) is 17.5. The summed E-state index contributed by atoms with van der Waals surface area (Å²) in [6.45, 7) is 9.70. The van der Waals surface area contributed by atoms with Crippen molar-refractivity contribution in [2.75, 3.05) is 31.1 Å². The maximum absolute atomic E-state index is 12.5. The SMILES string of the molecule is CCN(CC)CCCNC(=O)C(=O)N1c2ccccc2CC1C. The molecule has 0 saturated carbocycles. The van der Waals surface area contributed by atoms with E-state index in [-0.39, 0.29) is 6.04 Å². The van der Waals surface area contributed by atoms with Gasteiger partial charge in [-0.05, 0) is 51.0 Å². The predicted molar refractivity (Wildman–Crippen MR) is 92.5 cm³/mol. The lowest BCUT2D eigenvalue weighted by molar-refractivity contribution is -0.137. The standard InChI is InChI=1S/C18H27N3O2/c1-4-20(5-2)12-8-11-19-17(22)18(23)21-14(3)13-15-9-6-7-10-16(15)21/h6-7,9-10,14H,4-5,8,11-13H2,1-3H3,(H,19,22). The molecule has 0 spiro atoms. The van der Waals surface area contributed by atoms with E-state index in [9.17, 15) is 9.59 Å². The number of hydrogen-bond donors (Lipinski definition) is 1. The number of anilines is 1. The molecule has 23 heavy (non-hydrogen) atoms. The second-order valence-electron chi connectivity index (χ2n) is 5.99. The third-order valence-electron chi connectivity index (χ3n) is 4.45. The molecule has 1 aromatic rings. The van der Waals surface area contributed by atoms with Gasteiger partial charge in [-0.15, -0.1) is 0 Å². The van der Waals surface area contributed by atoms with Gasteiger partial charge in [0, 0.05) is 18.3 Å². The van der Waals surface area contributed by atoms with Crippen molar-refractivity contribution in [1.82, 2.24) is 10.2 Å². The summed E-state index contributed by atoms with van der Waals surface area (Å²) in [7, 11) is 0.